The molecule has 0 N–H and O–H groups in total. The van der Waals surface area contributed by atoms with Crippen molar-refractivity contribution in [2.75, 3.05) is 6.61 Å². The average molecular weight is 353 g/mol. The van der Waals surface area contributed by atoms with Crippen molar-refractivity contribution >= 4 is 23.6 Å². The fourth-order valence-electron chi connectivity index (χ4n) is 2.40. The van der Waals surface area contributed by atoms with Crippen molar-refractivity contribution in [3.8, 4) is 16.9 Å². The number of carbonyl (C=O) groups is 1. The molecule has 0 unspecified atom stereocenters. The highest BCUT2D eigenvalue weighted by atomic mass is 35.5. The molecule has 0 amide bonds. The molecule has 0 aliphatic heterocycles. The van der Waals surface area contributed by atoms with Crippen molar-refractivity contribution in [2.24, 2.45) is 0 Å². The van der Waals surface area contributed by atoms with Crippen LogP contribution in [0.2, 0.25) is 5.02 Å². The van der Waals surface area contributed by atoms with Crippen LogP contribution in [0.1, 0.15) is 12.5 Å². The smallest absolute Gasteiger partial charge is 0.330 e. The van der Waals surface area contributed by atoms with Gasteiger partial charge in [-0.1, -0.05) is 41.9 Å². The number of benzene rings is 2. The third kappa shape index (κ3) is 4.17. The molecule has 0 fully saturated rings. The Balaban J connectivity index is 2.03. The second kappa shape index (κ2) is 7.81. The molecule has 0 atom stereocenters. The normalized spacial score (nSPS) is 11.0. The maximum atomic E-state index is 11.6. The van der Waals surface area contributed by atoms with Crippen LogP contribution in [0.3, 0.4) is 0 Å². The Morgan fingerprint density at radius 2 is 1.88 bits per heavy atom. The molecular weight excluding hydrogens is 336 g/mol. The minimum absolute atomic E-state index is 0.344. The van der Waals surface area contributed by atoms with Gasteiger partial charge in [-0.3, -0.25) is 0 Å². The molecule has 0 spiro atoms. The molecule has 2 aromatic carbocycles. The van der Waals surface area contributed by atoms with Crippen LogP contribution in [0.4, 0.5) is 0 Å². The van der Waals surface area contributed by atoms with Crippen LogP contribution < -0.4 is 0 Å². The number of nitrogens with zero attached hydrogens (tertiary/aromatic N) is 2. The summed E-state index contributed by atoms with van der Waals surface area (Å²) in [5.74, 6) is -0.378. The van der Waals surface area contributed by atoms with Gasteiger partial charge in [0.25, 0.3) is 0 Å². The zero-order chi connectivity index (χ0) is 17.6. The van der Waals surface area contributed by atoms with Crippen molar-refractivity contribution in [3.63, 3.8) is 0 Å². The number of carbonyl (C=O) groups excluding carboxylic acids is 1. The average Bonchev–Trinajstić information content (AvgIpc) is 3.06. The van der Waals surface area contributed by atoms with Gasteiger partial charge in [-0.05, 0) is 37.3 Å². The van der Waals surface area contributed by atoms with Gasteiger partial charge in [-0.2, -0.15) is 5.10 Å². The fraction of sp³-hybridized carbons (Fsp3) is 0.100. The predicted molar refractivity (Wildman–Crippen MR) is 99.7 cm³/mol. The number of aromatic nitrogens is 2. The first-order valence-corrected chi connectivity index (χ1v) is 8.31. The first-order valence-electron chi connectivity index (χ1n) is 7.93. The molecule has 3 rings (SSSR count). The van der Waals surface area contributed by atoms with Gasteiger partial charge < -0.3 is 4.74 Å². The highest BCUT2D eigenvalue weighted by Crippen LogP contribution is 2.26. The van der Waals surface area contributed by atoms with Crippen molar-refractivity contribution in [3.05, 3.63) is 77.5 Å². The zero-order valence-corrected chi connectivity index (χ0v) is 14.5. The highest BCUT2D eigenvalue weighted by molar-refractivity contribution is 6.30. The Kier molecular flexibility index (Phi) is 5.31. The summed E-state index contributed by atoms with van der Waals surface area (Å²) in [6, 6.07) is 17.2. The van der Waals surface area contributed by atoms with Gasteiger partial charge in [0.15, 0.2) is 0 Å². The highest BCUT2D eigenvalue weighted by Gasteiger charge is 2.11. The van der Waals surface area contributed by atoms with E-state index in [9.17, 15) is 4.79 Å². The van der Waals surface area contributed by atoms with Crippen LogP contribution in [-0.4, -0.2) is 22.4 Å². The van der Waals surface area contributed by atoms with Gasteiger partial charge in [-0.15, -0.1) is 0 Å². The molecule has 0 aliphatic carbocycles. The van der Waals surface area contributed by atoms with E-state index in [1.54, 1.807) is 17.7 Å². The fourth-order valence-corrected chi connectivity index (χ4v) is 2.53. The van der Waals surface area contributed by atoms with Gasteiger partial charge in [0.2, 0.25) is 0 Å². The predicted octanol–water partition coefficient (Wildman–Crippen LogP) is 4.77. The van der Waals surface area contributed by atoms with E-state index in [4.69, 9.17) is 16.3 Å². The van der Waals surface area contributed by atoms with E-state index in [-0.39, 0.29) is 5.97 Å². The first-order chi connectivity index (χ1) is 12.2. The van der Waals surface area contributed by atoms with Crippen molar-refractivity contribution < 1.29 is 9.53 Å². The Hall–Kier alpha value is -2.85. The molecular formula is C20H17ClN2O2. The second-order valence-corrected chi connectivity index (χ2v) is 5.74. The molecule has 0 saturated carbocycles. The first kappa shape index (κ1) is 17.0. The number of halogens is 1. The topological polar surface area (TPSA) is 44.1 Å². The van der Waals surface area contributed by atoms with Gasteiger partial charge >= 0.3 is 5.97 Å². The summed E-state index contributed by atoms with van der Waals surface area (Å²) in [7, 11) is 0. The largest absolute Gasteiger partial charge is 0.463 e. The lowest BCUT2D eigenvalue weighted by Crippen LogP contribution is -1.98. The minimum Gasteiger partial charge on any atom is -0.463 e. The molecule has 1 aromatic heterocycles. The summed E-state index contributed by atoms with van der Waals surface area (Å²) in [5.41, 5.74) is 3.44. The third-order valence-electron chi connectivity index (χ3n) is 3.57. The van der Waals surface area contributed by atoms with Crippen LogP contribution >= 0.6 is 11.6 Å². The van der Waals surface area contributed by atoms with Gasteiger partial charge in [0.1, 0.15) is 0 Å². The van der Waals surface area contributed by atoms with Crippen LogP contribution in [-0.2, 0) is 9.53 Å². The van der Waals surface area contributed by atoms with Crippen LogP contribution in [0, 0.1) is 0 Å². The standard InChI is InChI=1S/C20H17ClN2O2/c1-2-25-19(24)13-10-16-14-23(18-6-4-3-5-7-18)22-20(16)15-8-11-17(21)12-9-15/h3-14H,2H2,1H3. The lowest BCUT2D eigenvalue weighted by atomic mass is 10.1. The van der Waals surface area contributed by atoms with E-state index in [0.29, 0.717) is 11.6 Å². The molecule has 0 bridgehead atoms. The Bertz CT molecular complexity index is 884. The van der Waals surface area contributed by atoms with Gasteiger partial charge in [0, 0.05) is 28.4 Å². The summed E-state index contributed by atoms with van der Waals surface area (Å²) < 4.78 is 6.73. The summed E-state index contributed by atoms with van der Waals surface area (Å²) >= 11 is 5.98. The molecule has 0 radical (unpaired) electrons. The maximum absolute atomic E-state index is 11.6. The Labute approximate surface area is 151 Å². The molecule has 4 nitrogen and oxygen atoms in total. The van der Waals surface area contributed by atoms with Crippen molar-refractivity contribution in [1.82, 2.24) is 9.78 Å². The molecule has 0 saturated heterocycles. The number of rotatable bonds is 5. The number of para-hydroxylation sites is 1. The van der Waals surface area contributed by atoms with E-state index >= 15 is 0 Å². The van der Waals surface area contributed by atoms with E-state index in [2.05, 4.69) is 5.10 Å². The molecule has 5 heteroatoms. The van der Waals surface area contributed by atoms with E-state index < -0.39 is 0 Å². The molecule has 0 aliphatic rings. The van der Waals surface area contributed by atoms with Crippen molar-refractivity contribution in [1.29, 1.82) is 0 Å². The summed E-state index contributed by atoms with van der Waals surface area (Å²) in [4.78, 5) is 11.6. The number of hydrogen-bond donors (Lipinski definition) is 0. The Morgan fingerprint density at radius 3 is 2.56 bits per heavy atom. The lowest BCUT2D eigenvalue weighted by Gasteiger charge is -2.00. The zero-order valence-electron chi connectivity index (χ0n) is 13.7. The summed E-state index contributed by atoms with van der Waals surface area (Å²) in [6.45, 7) is 2.12. The maximum Gasteiger partial charge on any atom is 0.330 e. The van der Waals surface area contributed by atoms with Gasteiger partial charge in [-0.25, -0.2) is 9.48 Å². The molecule has 126 valence electrons. The Morgan fingerprint density at radius 1 is 1.16 bits per heavy atom. The summed E-state index contributed by atoms with van der Waals surface area (Å²) in [5, 5.41) is 5.34. The molecule has 3 aromatic rings. The number of ether oxygens (including phenoxy) is 1. The van der Waals surface area contributed by atoms with E-state index in [1.165, 1.54) is 6.08 Å². The number of hydrogen-bond acceptors (Lipinski definition) is 3. The second-order valence-electron chi connectivity index (χ2n) is 5.31. The van der Waals surface area contributed by atoms with Crippen LogP contribution in [0.5, 0.6) is 0 Å². The van der Waals surface area contributed by atoms with E-state index in [1.807, 2.05) is 60.8 Å². The quantitative estimate of drug-likeness (QED) is 0.490. The summed E-state index contributed by atoms with van der Waals surface area (Å²) in [6.07, 6.45) is 5.01. The van der Waals surface area contributed by atoms with Gasteiger partial charge in [0.05, 0.1) is 18.0 Å². The monoisotopic (exact) mass is 352 g/mol. The molecule has 25 heavy (non-hydrogen) atoms. The van der Waals surface area contributed by atoms with Crippen LogP contribution in [0.15, 0.2) is 66.9 Å². The van der Waals surface area contributed by atoms with E-state index in [0.717, 1.165) is 22.5 Å². The lowest BCUT2D eigenvalue weighted by molar-refractivity contribution is -0.137. The molecule has 1 heterocycles. The van der Waals surface area contributed by atoms with Crippen molar-refractivity contribution in [2.45, 2.75) is 6.92 Å². The number of esters is 1. The SMILES string of the molecule is CCOC(=O)C=Cc1cn(-c2ccccc2)nc1-c1ccc(Cl)cc1. The third-order valence-corrected chi connectivity index (χ3v) is 3.82. The van der Waals surface area contributed by atoms with Crippen LogP contribution in [0.25, 0.3) is 23.0 Å². The minimum atomic E-state index is -0.378.